The minimum atomic E-state index is -0.155. The van der Waals surface area contributed by atoms with Crippen molar-refractivity contribution < 1.29 is 9.53 Å². The van der Waals surface area contributed by atoms with Gasteiger partial charge in [-0.05, 0) is 42.5 Å². The van der Waals surface area contributed by atoms with Gasteiger partial charge in [0.05, 0.1) is 33.3 Å². The van der Waals surface area contributed by atoms with Crippen LogP contribution in [0.1, 0.15) is 12.8 Å². The fourth-order valence-corrected chi connectivity index (χ4v) is 4.80. The molecule has 152 valence electrons. The predicted molar refractivity (Wildman–Crippen MR) is 118 cm³/mol. The number of hydrogen-bond acceptors (Lipinski definition) is 6. The minimum absolute atomic E-state index is 0.147. The van der Waals surface area contributed by atoms with E-state index in [9.17, 15) is 4.79 Å². The van der Waals surface area contributed by atoms with Gasteiger partial charge in [0, 0.05) is 12.3 Å². The van der Waals surface area contributed by atoms with Crippen LogP contribution in [0.3, 0.4) is 0 Å². The first kappa shape index (κ1) is 20.7. The second kappa shape index (κ2) is 9.49. The lowest BCUT2D eigenvalue weighted by Crippen LogP contribution is -2.18. The quantitative estimate of drug-likeness (QED) is 0.481. The van der Waals surface area contributed by atoms with Crippen molar-refractivity contribution in [1.29, 1.82) is 0 Å². The van der Waals surface area contributed by atoms with Crippen molar-refractivity contribution in [3.63, 3.8) is 0 Å². The number of thioether (sulfide) groups is 1. The number of ether oxygens (including phenoxy) is 1. The lowest BCUT2D eigenvalue weighted by molar-refractivity contribution is -0.113. The summed E-state index contributed by atoms with van der Waals surface area (Å²) >= 11 is 14.9. The number of nitrogens with zero attached hydrogens (tertiary/aromatic N) is 3. The Labute approximate surface area is 186 Å². The molecule has 3 aromatic rings. The van der Waals surface area contributed by atoms with E-state index in [-0.39, 0.29) is 17.8 Å². The first-order valence-corrected chi connectivity index (χ1v) is 11.7. The largest absolute Gasteiger partial charge is 0.376 e. The SMILES string of the molecule is O=C(CSc1nnc(-c2cccs2)n1CC1CCCO1)Nc1ccc(Cl)c(Cl)c1. The van der Waals surface area contributed by atoms with Crippen LogP contribution in [0.2, 0.25) is 10.0 Å². The molecule has 0 saturated carbocycles. The Hall–Kier alpha value is -1.58. The molecule has 2 aromatic heterocycles. The number of carbonyl (C=O) groups is 1. The molecule has 10 heteroatoms. The van der Waals surface area contributed by atoms with Crippen molar-refractivity contribution >= 4 is 57.9 Å². The maximum atomic E-state index is 12.4. The zero-order valence-corrected chi connectivity index (χ0v) is 18.5. The molecule has 1 N–H and O–H groups in total. The van der Waals surface area contributed by atoms with Crippen LogP contribution in [-0.2, 0) is 16.1 Å². The van der Waals surface area contributed by atoms with E-state index in [2.05, 4.69) is 20.1 Å². The molecule has 1 fully saturated rings. The highest BCUT2D eigenvalue weighted by atomic mass is 35.5. The van der Waals surface area contributed by atoms with E-state index in [1.807, 2.05) is 17.5 Å². The predicted octanol–water partition coefficient (Wildman–Crippen LogP) is 5.22. The summed E-state index contributed by atoms with van der Waals surface area (Å²) in [4.78, 5) is 13.4. The minimum Gasteiger partial charge on any atom is -0.376 e. The normalized spacial score (nSPS) is 16.3. The average Bonchev–Trinajstić information content (AvgIpc) is 3.45. The first-order chi connectivity index (χ1) is 14.1. The lowest BCUT2D eigenvalue weighted by atomic mass is 10.2. The van der Waals surface area contributed by atoms with Crippen LogP contribution in [0.5, 0.6) is 0 Å². The molecular formula is C19H18Cl2N4O2S2. The van der Waals surface area contributed by atoms with Gasteiger partial charge in [0.2, 0.25) is 5.91 Å². The highest BCUT2D eigenvalue weighted by molar-refractivity contribution is 7.99. The summed E-state index contributed by atoms with van der Waals surface area (Å²) in [6.07, 6.45) is 2.23. The van der Waals surface area contributed by atoms with Gasteiger partial charge in [-0.1, -0.05) is 41.0 Å². The van der Waals surface area contributed by atoms with Crippen LogP contribution in [0, 0.1) is 0 Å². The molecule has 0 radical (unpaired) electrons. The first-order valence-electron chi connectivity index (χ1n) is 9.06. The fraction of sp³-hybridized carbons (Fsp3) is 0.316. The molecular weight excluding hydrogens is 451 g/mol. The Kier molecular flexibility index (Phi) is 6.77. The van der Waals surface area contributed by atoms with Gasteiger partial charge in [-0.2, -0.15) is 0 Å². The third kappa shape index (κ3) is 5.13. The van der Waals surface area contributed by atoms with Crippen molar-refractivity contribution in [2.45, 2.75) is 30.6 Å². The zero-order valence-electron chi connectivity index (χ0n) is 15.3. The summed E-state index contributed by atoms with van der Waals surface area (Å²) in [5.74, 6) is 0.856. The van der Waals surface area contributed by atoms with E-state index in [0.717, 1.165) is 30.2 Å². The number of amides is 1. The average molecular weight is 469 g/mol. The summed E-state index contributed by atoms with van der Waals surface area (Å²) in [7, 11) is 0. The maximum Gasteiger partial charge on any atom is 0.234 e. The van der Waals surface area contributed by atoms with Crippen LogP contribution in [0.25, 0.3) is 10.7 Å². The van der Waals surface area contributed by atoms with Gasteiger partial charge in [-0.25, -0.2) is 0 Å². The Morgan fingerprint density at radius 1 is 1.31 bits per heavy atom. The second-order valence-electron chi connectivity index (χ2n) is 6.49. The van der Waals surface area contributed by atoms with Gasteiger partial charge in [0.25, 0.3) is 0 Å². The van der Waals surface area contributed by atoms with E-state index in [1.165, 1.54) is 11.8 Å². The molecule has 1 amide bonds. The van der Waals surface area contributed by atoms with E-state index < -0.39 is 0 Å². The van der Waals surface area contributed by atoms with Crippen molar-refractivity contribution in [3.05, 3.63) is 45.8 Å². The number of hydrogen-bond donors (Lipinski definition) is 1. The summed E-state index contributed by atoms with van der Waals surface area (Å²) in [6.45, 7) is 1.46. The fourth-order valence-electron chi connectivity index (χ4n) is 3.04. The maximum absolute atomic E-state index is 12.4. The summed E-state index contributed by atoms with van der Waals surface area (Å²) in [5.41, 5.74) is 0.602. The second-order valence-corrected chi connectivity index (χ2v) is 9.20. The molecule has 1 aromatic carbocycles. The summed E-state index contributed by atoms with van der Waals surface area (Å²) in [6, 6.07) is 9.00. The van der Waals surface area contributed by atoms with E-state index in [4.69, 9.17) is 27.9 Å². The standard InChI is InChI=1S/C19H18Cl2N4O2S2/c20-14-6-5-12(9-15(14)21)22-17(26)11-29-19-24-23-18(16-4-2-8-28-16)25(19)10-13-3-1-7-27-13/h2,4-6,8-9,13H,1,3,7,10-11H2,(H,22,26). The summed E-state index contributed by atoms with van der Waals surface area (Å²) in [5, 5.41) is 15.1. The van der Waals surface area contributed by atoms with Gasteiger partial charge in [-0.15, -0.1) is 21.5 Å². The smallest absolute Gasteiger partial charge is 0.234 e. The molecule has 1 saturated heterocycles. The van der Waals surface area contributed by atoms with Gasteiger partial charge < -0.3 is 10.1 Å². The number of carbonyl (C=O) groups excluding carboxylic acids is 1. The van der Waals surface area contributed by atoms with Crippen LogP contribution >= 0.6 is 46.3 Å². The van der Waals surface area contributed by atoms with Gasteiger partial charge in [-0.3, -0.25) is 9.36 Å². The number of nitrogens with one attached hydrogen (secondary N) is 1. The van der Waals surface area contributed by atoms with Crippen LogP contribution in [0.4, 0.5) is 5.69 Å². The van der Waals surface area contributed by atoms with Crippen molar-refractivity contribution in [2.75, 3.05) is 17.7 Å². The van der Waals surface area contributed by atoms with Gasteiger partial charge >= 0.3 is 0 Å². The zero-order chi connectivity index (χ0) is 20.2. The molecule has 0 spiro atoms. The molecule has 1 aliphatic rings. The molecule has 29 heavy (non-hydrogen) atoms. The van der Waals surface area contributed by atoms with E-state index in [1.54, 1.807) is 29.5 Å². The van der Waals surface area contributed by atoms with E-state index in [0.29, 0.717) is 27.4 Å². The molecule has 3 heterocycles. The molecule has 6 nitrogen and oxygen atoms in total. The Morgan fingerprint density at radius 3 is 2.93 bits per heavy atom. The molecule has 4 rings (SSSR count). The van der Waals surface area contributed by atoms with Crippen molar-refractivity contribution in [2.24, 2.45) is 0 Å². The van der Waals surface area contributed by atoms with Crippen molar-refractivity contribution in [3.8, 4) is 10.7 Å². The number of anilines is 1. The topological polar surface area (TPSA) is 69.0 Å². The number of aromatic nitrogens is 3. The number of rotatable bonds is 7. The highest BCUT2D eigenvalue weighted by Crippen LogP contribution is 2.29. The number of benzene rings is 1. The highest BCUT2D eigenvalue weighted by Gasteiger charge is 2.22. The number of halogens is 2. The monoisotopic (exact) mass is 468 g/mol. The Balaban J connectivity index is 1.46. The third-order valence-corrected chi connectivity index (χ3v) is 6.98. The Morgan fingerprint density at radius 2 is 2.21 bits per heavy atom. The molecule has 1 atom stereocenters. The third-order valence-electron chi connectivity index (χ3n) is 4.40. The van der Waals surface area contributed by atoms with Gasteiger partial charge in [0.1, 0.15) is 0 Å². The number of thiophene rings is 1. The van der Waals surface area contributed by atoms with Crippen LogP contribution in [0.15, 0.2) is 40.9 Å². The molecule has 1 aliphatic heterocycles. The van der Waals surface area contributed by atoms with Crippen LogP contribution < -0.4 is 5.32 Å². The Bertz CT molecular complexity index is 988. The van der Waals surface area contributed by atoms with Crippen molar-refractivity contribution in [1.82, 2.24) is 14.8 Å². The molecule has 0 aliphatic carbocycles. The lowest BCUT2D eigenvalue weighted by Gasteiger charge is -2.14. The summed E-state index contributed by atoms with van der Waals surface area (Å²) < 4.78 is 7.85. The molecule has 1 unspecified atom stereocenters. The molecule has 0 bridgehead atoms. The van der Waals surface area contributed by atoms with E-state index >= 15 is 0 Å². The van der Waals surface area contributed by atoms with Crippen LogP contribution in [-0.4, -0.2) is 39.1 Å². The van der Waals surface area contributed by atoms with Gasteiger partial charge in [0.15, 0.2) is 11.0 Å².